The van der Waals surface area contributed by atoms with Gasteiger partial charge in [-0.15, -0.1) is 0 Å². The van der Waals surface area contributed by atoms with Gasteiger partial charge in [-0.2, -0.15) is 0 Å². The third-order valence-electron chi connectivity index (χ3n) is 3.41. The van der Waals surface area contributed by atoms with Crippen LogP contribution < -0.4 is 0 Å². The number of nitrogens with zero attached hydrogens (tertiary/aromatic N) is 3. The standard InChI is InChI=1S/C13H12ClN3O2/c1-7-10(6-12(18)19)17-11-5-8(14)3-4-9(11)15-13(17)16(7)2/h3-5H,6H2,1-2H3,(H,18,19). The van der Waals surface area contributed by atoms with Gasteiger partial charge in [-0.1, -0.05) is 11.6 Å². The van der Waals surface area contributed by atoms with Crippen LogP contribution in [-0.4, -0.2) is 25.0 Å². The van der Waals surface area contributed by atoms with E-state index in [1.807, 2.05) is 35.1 Å². The van der Waals surface area contributed by atoms with Gasteiger partial charge in [-0.3, -0.25) is 9.20 Å². The molecule has 19 heavy (non-hydrogen) atoms. The number of carbonyl (C=O) groups is 1. The second-order valence-electron chi connectivity index (χ2n) is 4.54. The van der Waals surface area contributed by atoms with Crippen molar-refractivity contribution in [1.82, 2.24) is 14.0 Å². The van der Waals surface area contributed by atoms with E-state index in [-0.39, 0.29) is 6.42 Å². The molecule has 0 unspecified atom stereocenters. The Bertz CT molecular complexity index is 816. The third kappa shape index (κ3) is 1.69. The van der Waals surface area contributed by atoms with Crippen LogP contribution in [0, 0.1) is 6.92 Å². The van der Waals surface area contributed by atoms with Crippen LogP contribution in [0.1, 0.15) is 11.4 Å². The van der Waals surface area contributed by atoms with Crippen molar-refractivity contribution < 1.29 is 9.90 Å². The predicted molar refractivity (Wildman–Crippen MR) is 72.8 cm³/mol. The van der Waals surface area contributed by atoms with Crippen molar-refractivity contribution >= 4 is 34.4 Å². The molecule has 98 valence electrons. The van der Waals surface area contributed by atoms with Crippen LogP contribution in [0.25, 0.3) is 16.8 Å². The maximum Gasteiger partial charge on any atom is 0.309 e. The normalized spacial score (nSPS) is 11.5. The van der Waals surface area contributed by atoms with Gasteiger partial charge >= 0.3 is 5.97 Å². The first-order valence-electron chi connectivity index (χ1n) is 5.82. The molecule has 0 aliphatic carbocycles. The lowest BCUT2D eigenvalue weighted by molar-refractivity contribution is -0.136. The first-order chi connectivity index (χ1) is 8.99. The van der Waals surface area contributed by atoms with Gasteiger partial charge in [0.2, 0.25) is 5.78 Å². The average Bonchev–Trinajstić information content (AvgIpc) is 2.81. The van der Waals surface area contributed by atoms with Crippen LogP contribution in [0.4, 0.5) is 0 Å². The zero-order valence-electron chi connectivity index (χ0n) is 10.5. The smallest absolute Gasteiger partial charge is 0.309 e. The van der Waals surface area contributed by atoms with E-state index in [9.17, 15) is 4.79 Å². The van der Waals surface area contributed by atoms with Crippen LogP contribution in [0.3, 0.4) is 0 Å². The van der Waals surface area contributed by atoms with Gasteiger partial charge in [-0.05, 0) is 25.1 Å². The highest BCUT2D eigenvalue weighted by Crippen LogP contribution is 2.25. The molecule has 3 aromatic rings. The van der Waals surface area contributed by atoms with Crippen LogP contribution in [0.5, 0.6) is 0 Å². The summed E-state index contributed by atoms with van der Waals surface area (Å²) in [5, 5.41) is 9.66. The number of hydrogen-bond acceptors (Lipinski definition) is 2. The molecule has 3 rings (SSSR count). The summed E-state index contributed by atoms with van der Waals surface area (Å²) in [6.07, 6.45) is -0.0405. The average molecular weight is 278 g/mol. The maximum atomic E-state index is 11.0. The molecular weight excluding hydrogens is 266 g/mol. The van der Waals surface area contributed by atoms with Gasteiger partial charge in [0, 0.05) is 17.8 Å². The number of aliphatic carboxylic acids is 1. The molecule has 2 heterocycles. The monoisotopic (exact) mass is 277 g/mol. The van der Waals surface area contributed by atoms with Gasteiger partial charge in [0.15, 0.2) is 0 Å². The van der Waals surface area contributed by atoms with E-state index in [2.05, 4.69) is 4.98 Å². The fraction of sp³-hybridized carbons (Fsp3) is 0.231. The SMILES string of the molecule is Cc1c(CC(=O)O)n2c3cc(Cl)ccc3nc2n1C. The lowest BCUT2D eigenvalue weighted by Gasteiger charge is -2.00. The maximum absolute atomic E-state index is 11.0. The Balaban J connectivity index is 2.45. The molecule has 2 aromatic heterocycles. The molecule has 0 spiro atoms. The zero-order valence-corrected chi connectivity index (χ0v) is 11.3. The summed E-state index contributed by atoms with van der Waals surface area (Å²) in [5.41, 5.74) is 3.27. The zero-order chi connectivity index (χ0) is 13.7. The number of aromatic nitrogens is 3. The molecule has 1 aromatic carbocycles. The number of benzene rings is 1. The van der Waals surface area contributed by atoms with Crippen molar-refractivity contribution in [3.05, 3.63) is 34.6 Å². The lowest BCUT2D eigenvalue weighted by atomic mass is 10.2. The topological polar surface area (TPSA) is 59.5 Å². The van der Waals surface area contributed by atoms with E-state index in [0.717, 1.165) is 28.2 Å². The summed E-state index contributed by atoms with van der Waals surface area (Å²) in [5.74, 6) is -0.134. The van der Waals surface area contributed by atoms with Crippen LogP contribution in [-0.2, 0) is 18.3 Å². The molecule has 0 atom stereocenters. The lowest BCUT2D eigenvalue weighted by Crippen LogP contribution is -2.05. The summed E-state index contributed by atoms with van der Waals surface area (Å²) < 4.78 is 3.76. The number of aryl methyl sites for hydroxylation is 1. The Hall–Kier alpha value is -2.01. The number of imidazole rings is 2. The van der Waals surface area contributed by atoms with Crippen LogP contribution in [0.15, 0.2) is 18.2 Å². The summed E-state index contributed by atoms with van der Waals surface area (Å²) >= 11 is 6.02. The van der Waals surface area contributed by atoms with Crippen molar-refractivity contribution in [1.29, 1.82) is 0 Å². The van der Waals surface area contributed by atoms with Gasteiger partial charge < -0.3 is 9.67 Å². The van der Waals surface area contributed by atoms with E-state index < -0.39 is 5.97 Å². The van der Waals surface area contributed by atoms with E-state index in [0.29, 0.717) is 5.02 Å². The molecule has 1 N–H and O–H groups in total. The molecule has 0 aliphatic heterocycles. The molecule has 0 radical (unpaired) electrons. The molecule has 0 fully saturated rings. The number of rotatable bonds is 2. The molecule has 0 saturated heterocycles. The van der Waals surface area contributed by atoms with Gasteiger partial charge in [0.05, 0.1) is 23.1 Å². The van der Waals surface area contributed by atoms with Crippen LogP contribution in [0.2, 0.25) is 5.02 Å². The summed E-state index contributed by atoms with van der Waals surface area (Å²) in [4.78, 5) is 15.5. The third-order valence-corrected chi connectivity index (χ3v) is 3.64. The largest absolute Gasteiger partial charge is 0.481 e. The van der Waals surface area contributed by atoms with Gasteiger partial charge in [-0.25, -0.2) is 4.98 Å². The van der Waals surface area contributed by atoms with E-state index >= 15 is 0 Å². The summed E-state index contributed by atoms with van der Waals surface area (Å²) in [6.45, 7) is 1.89. The molecule has 0 aliphatic rings. The molecular formula is C13H12ClN3O2. The highest BCUT2D eigenvalue weighted by molar-refractivity contribution is 6.31. The number of fused-ring (bicyclic) bond motifs is 3. The van der Waals surface area contributed by atoms with Crippen molar-refractivity contribution in [3.63, 3.8) is 0 Å². The van der Waals surface area contributed by atoms with Gasteiger partial charge in [0.1, 0.15) is 0 Å². The molecule has 5 nitrogen and oxygen atoms in total. The minimum atomic E-state index is -0.862. The fourth-order valence-electron chi connectivity index (χ4n) is 2.38. The van der Waals surface area contributed by atoms with Crippen molar-refractivity contribution in [2.24, 2.45) is 7.05 Å². The second-order valence-corrected chi connectivity index (χ2v) is 4.98. The van der Waals surface area contributed by atoms with Crippen molar-refractivity contribution in [3.8, 4) is 0 Å². The van der Waals surface area contributed by atoms with Crippen molar-refractivity contribution in [2.45, 2.75) is 13.3 Å². The Morgan fingerprint density at radius 1 is 1.47 bits per heavy atom. The quantitative estimate of drug-likeness (QED) is 0.782. The van der Waals surface area contributed by atoms with Crippen LogP contribution >= 0.6 is 11.6 Å². The number of carboxylic acids is 1. The number of halogens is 1. The fourth-order valence-corrected chi connectivity index (χ4v) is 2.55. The summed E-state index contributed by atoms with van der Waals surface area (Å²) in [7, 11) is 1.88. The number of carboxylic acid groups (broad SMARTS) is 1. The molecule has 6 heteroatoms. The molecule has 0 amide bonds. The highest BCUT2D eigenvalue weighted by Gasteiger charge is 2.18. The first kappa shape index (κ1) is 12.0. The Morgan fingerprint density at radius 3 is 2.89 bits per heavy atom. The highest BCUT2D eigenvalue weighted by atomic mass is 35.5. The minimum Gasteiger partial charge on any atom is -0.481 e. The first-order valence-corrected chi connectivity index (χ1v) is 6.20. The Morgan fingerprint density at radius 2 is 2.21 bits per heavy atom. The predicted octanol–water partition coefficient (Wildman–Crippen LogP) is 2.41. The summed E-state index contributed by atoms with van der Waals surface area (Å²) in [6, 6.07) is 5.42. The Kier molecular flexibility index (Phi) is 2.53. The number of hydrogen-bond donors (Lipinski definition) is 1. The van der Waals surface area contributed by atoms with Gasteiger partial charge in [0.25, 0.3) is 0 Å². The molecule has 0 bridgehead atoms. The van der Waals surface area contributed by atoms with E-state index in [1.54, 1.807) is 6.07 Å². The van der Waals surface area contributed by atoms with Crippen molar-refractivity contribution in [2.75, 3.05) is 0 Å². The van der Waals surface area contributed by atoms with E-state index in [4.69, 9.17) is 16.7 Å². The second kappa shape index (κ2) is 3.99. The molecule has 0 saturated carbocycles. The minimum absolute atomic E-state index is 0.0405. The Labute approximate surface area is 114 Å². The van der Waals surface area contributed by atoms with E-state index in [1.165, 1.54) is 0 Å².